The zero-order valence-electron chi connectivity index (χ0n) is 6.40. The summed E-state index contributed by atoms with van der Waals surface area (Å²) < 4.78 is 0. The second-order valence-electron chi connectivity index (χ2n) is 3.88. The highest BCUT2D eigenvalue weighted by Crippen LogP contribution is 2.44. The molecular formula is C8H14O. The van der Waals surface area contributed by atoms with Gasteiger partial charge in [0, 0.05) is 5.92 Å². The van der Waals surface area contributed by atoms with E-state index in [4.69, 9.17) is 0 Å². The molecule has 0 unspecified atom stereocenters. The number of carbonyl (C=O) groups excluding carboxylic acids is 1. The molecule has 0 spiro atoms. The summed E-state index contributed by atoms with van der Waals surface area (Å²) in [6.07, 6.45) is 2.20. The van der Waals surface area contributed by atoms with Gasteiger partial charge in [-0.15, -0.1) is 0 Å². The zero-order valence-corrected chi connectivity index (χ0v) is 6.40. The van der Waals surface area contributed by atoms with Crippen LogP contribution >= 0.6 is 0 Å². The summed E-state index contributed by atoms with van der Waals surface area (Å²) in [4.78, 5) is 10.7. The van der Waals surface area contributed by atoms with E-state index in [1.54, 1.807) is 6.92 Å². The van der Waals surface area contributed by atoms with Gasteiger partial charge in [-0.05, 0) is 25.2 Å². The van der Waals surface area contributed by atoms with Crippen LogP contribution in [0.3, 0.4) is 0 Å². The fourth-order valence-corrected chi connectivity index (χ4v) is 1.56. The smallest absolute Gasteiger partial charge is 0.132 e. The van der Waals surface area contributed by atoms with Crippen LogP contribution in [0.1, 0.15) is 33.6 Å². The van der Waals surface area contributed by atoms with E-state index in [-0.39, 0.29) is 0 Å². The number of ketones is 1. The molecular weight excluding hydrogens is 112 g/mol. The molecule has 0 bridgehead atoms. The summed E-state index contributed by atoms with van der Waals surface area (Å²) >= 11 is 0. The van der Waals surface area contributed by atoms with E-state index < -0.39 is 0 Å². The molecule has 1 heteroatoms. The highest BCUT2D eigenvalue weighted by molar-refractivity contribution is 5.79. The predicted molar refractivity (Wildman–Crippen MR) is 37.2 cm³/mol. The van der Waals surface area contributed by atoms with E-state index in [1.165, 1.54) is 0 Å². The van der Waals surface area contributed by atoms with Gasteiger partial charge in [0.15, 0.2) is 0 Å². The van der Waals surface area contributed by atoms with E-state index in [0.29, 0.717) is 17.1 Å². The summed E-state index contributed by atoms with van der Waals surface area (Å²) in [5.74, 6) is 0.759. The van der Waals surface area contributed by atoms with Crippen molar-refractivity contribution in [3.8, 4) is 0 Å². The Hall–Kier alpha value is -0.330. The SMILES string of the molecule is CC(=O)C1CC(C)(C)C1. The van der Waals surface area contributed by atoms with Crippen molar-refractivity contribution in [2.75, 3.05) is 0 Å². The van der Waals surface area contributed by atoms with Gasteiger partial charge in [0.2, 0.25) is 0 Å². The second-order valence-corrected chi connectivity index (χ2v) is 3.88. The van der Waals surface area contributed by atoms with E-state index in [2.05, 4.69) is 13.8 Å². The van der Waals surface area contributed by atoms with Crippen LogP contribution in [0.5, 0.6) is 0 Å². The van der Waals surface area contributed by atoms with Crippen LogP contribution in [0, 0.1) is 11.3 Å². The molecule has 0 aliphatic heterocycles. The quantitative estimate of drug-likeness (QED) is 0.525. The molecule has 52 valence electrons. The van der Waals surface area contributed by atoms with Crippen molar-refractivity contribution in [2.24, 2.45) is 11.3 Å². The van der Waals surface area contributed by atoms with Crippen molar-refractivity contribution in [1.29, 1.82) is 0 Å². The highest BCUT2D eigenvalue weighted by Gasteiger charge is 2.38. The molecule has 1 fully saturated rings. The first-order valence-electron chi connectivity index (χ1n) is 3.52. The van der Waals surface area contributed by atoms with Gasteiger partial charge in [-0.25, -0.2) is 0 Å². The topological polar surface area (TPSA) is 17.1 Å². The van der Waals surface area contributed by atoms with Gasteiger partial charge < -0.3 is 0 Å². The molecule has 0 atom stereocenters. The summed E-state index contributed by atoms with van der Waals surface area (Å²) in [7, 11) is 0. The number of hydrogen-bond acceptors (Lipinski definition) is 1. The van der Waals surface area contributed by atoms with Gasteiger partial charge in [0.25, 0.3) is 0 Å². The fourth-order valence-electron chi connectivity index (χ4n) is 1.56. The second kappa shape index (κ2) is 1.83. The lowest BCUT2D eigenvalue weighted by molar-refractivity contribution is -0.126. The van der Waals surface area contributed by atoms with Crippen LogP contribution in [0.25, 0.3) is 0 Å². The standard InChI is InChI=1S/C8H14O/c1-6(9)7-4-8(2,3)5-7/h7H,4-5H2,1-3H3. The van der Waals surface area contributed by atoms with Crippen LogP contribution in [-0.2, 0) is 4.79 Å². The third-order valence-electron chi connectivity index (χ3n) is 2.17. The molecule has 9 heavy (non-hydrogen) atoms. The average molecular weight is 126 g/mol. The minimum atomic E-state index is 0.370. The first-order valence-corrected chi connectivity index (χ1v) is 3.52. The maximum Gasteiger partial charge on any atom is 0.132 e. The maximum atomic E-state index is 10.7. The fraction of sp³-hybridized carbons (Fsp3) is 0.875. The first kappa shape index (κ1) is 6.79. The molecule has 0 aromatic carbocycles. The Kier molecular flexibility index (Phi) is 1.38. The Morgan fingerprint density at radius 2 is 1.89 bits per heavy atom. The maximum absolute atomic E-state index is 10.7. The van der Waals surface area contributed by atoms with Gasteiger partial charge in [-0.2, -0.15) is 0 Å². The monoisotopic (exact) mass is 126 g/mol. The van der Waals surface area contributed by atoms with Crippen LogP contribution in [0.4, 0.5) is 0 Å². The Morgan fingerprint density at radius 1 is 1.44 bits per heavy atom. The van der Waals surface area contributed by atoms with E-state index in [0.717, 1.165) is 12.8 Å². The molecule has 1 nitrogen and oxygen atoms in total. The number of hydrogen-bond donors (Lipinski definition) is 0. The van der Waals surface area contributed by atoms with Crippen molar-refractivity contribution < 1.29 is 4.79 Å². The Balaban J connectivity index is 2.35. The molecule has 1 aliphatic rings. The Labute approximate surface area is 56.4 Å². The van der Waals surface area contributed by atoms with Gasteiger partial charge in [-0.3, -0.25) is 4.79 Å². The predicted octanol–water partition coefficient (Wildman–Crippen LogP) is 2.01. The lowest BCUT2D eigenvalue weighted by atomic mass is 9.63. The van der Waals surface area contributed by atoms with Crippen LogP contribution in [-0.4, -0.2) is 5.78 Å². The number of Topliss-reactive ketones (excluding diaryl/α,β-unsaturated/α-hetero) is 1. The van der Waals surface area contributed by atoms with Gasteiger partial charge in [0.05, 0.1) is 0 Å². The van der Waals surface area contributed by atoms with Crippen molar-refractivity contribution in [3.63, 3.8) is 0 Å². The molecule has 0 N–H and O–H groups in total. The van der Waals surface area contributed by atoms with Crippen LogP contribution in [0.15, 0.2) is 0 Å². The average Bonchev–Trinajstić information content (AvgIpc) is 1.59. The first-order chi connectivity index (χ1) is 4.01. The van der Waals surface area contributed by atoms with E-state index >= 15 is 0 Å². The molecule has 0 amide bonds. The van der Waals surface area contributed by atoms with Crippen LogP contribution < -0.4 is 0 Å². The Morgan fingerprint density at radius 3 is 2.00 bits per heavy atom. The Bertz CT molecular complexity index is 128. The van der Waals surface area contributed by atoms with E-state index in [9.17, 15) is 4.79 Å². The van der Waals surface area contributed by atoms with Gasteiger partial charge in [0.1, 0.15) is 5.78 Å². The molecule has 1 aliphatic carbocycles. The molecule has 0 aromatic heterocycles. The summed E-state index contributed by atoms with van der Waals surface area (Å²) in [5, 5.41) is 0. The molecule has 0 radical (unpaired) electrons. The minimum Gasteiger partial charge on any atom is -0.300 e. The number of rotatable bonds is 1. The molecule has 0 saturated heterocycles. The lowest BCUT2D eigenvalue weighted by Crippen LogP contribution is -2.35. The van der Waals surface area contributed by atoms with E-state index in [1.807, 2.05) is 0 Å². The number of carbonyl (C=O) groups is 1. The van der Waals surface area contributed by atoms with Gasteiger partial charge in [-0.1, -0.05) is 13.8 Å². The molecule has 0 aromatic rings. The normalized spacial score (nSPS) is 25.2. The lowest BCUT2D eigenvalue weighted by Gasteiger charge is -2.41. The van der Waals surface area contributed by atoms with Crippen molar-refractivity contribution in [2.45, 2.75) is 33.6 Å². The van der Waals surface area contributed by atoms with Crippen molar-refractivity contribution >= 4 is 5.78 Å². The van der Waals surface area contributed by atoms with Crippen LogP contribution in [0.2, 0.25) is 0 Å². The largest absolute Gasteiger partial charge is 0.300 e. The third kappa shape index (κ3) is 1.32. The molecule has 1 saturated carbocycles. The van der Waals surface area contributed by atoms with Crippen molar-refractivity contribution in [1.82, 2.24) is 0 Å². The summed E-state index contributed by atoms with van der Waals surface area (Å²) in [6, 6.07) is 0. The van der Waals surface area contributed by atoms with Crippen molar-refractivity contribution in [3.05, 3.63) is 0 Å². The highest BCUT2D eigenvalue weighted by atomic mass is 16.1. The minimum absolute atomic E-state index is 0.370. The summed E-state index contributed by atoms with van der Waals surface area (Å²) in [6.45, 7) is 6.12. The van der Waals surface area contributed by atoms with Gasteiger partial charge >= 0.3 is 0 Å². The molecule has 0 heterocycles. The molecule has 1 rings (SSSR count). The zero-order chi connectivity index (χ0) is 7.07. The third-order valence-corrected chi connectivity index (χ3v) is 2.17. The summed E-state index contributed by atoms with van der Waals surface area (Å²) in [5.41, 5.74) is 0.455.